The number of hydrogen-bond donors (Lipinski definition) is 1. The van der Waals surface area contributed by atoms with E-state index >= 15 is 0 Å². The summed E-state index contributed by atoms with van der Waals surface area (Å²) in [5.74, 6) is -1.07. The summed E-state index contributed by atoms with van der Waals surface area (Å²) in [5.41, 5.74) is 1.90. The van der Waals surface area contributed by atoms with Crippen molar-refractivity contribution in [3.05, 3.63) is 89.4 Å². The molecule has 39 heavy (non-hydrogen) atoms. The van der Waals surface area contributed by atoms with Crippen molar-refractivity contribution < 1.29 is 27.4 Å². The quantitative estimate of drug-likeness (QED) is 0.454. The highest BCUT2D eigenvalue weighted by Gasteiger charge is 2.35. The number of hydrogen-bond acceptors (Lipinski definition) is 6. The van der Waals surface area contributed by atoms with Crippen LogP contribution in [0.3, 0.4) is 0 Å². The highest BCUT2D eigenvalue weighted by Crippen LogP contribution is 2.28. The summed E-state index contributed by atoms with van der Waals surface area (Å²) in [6.07, 6.45) is 4.68. The van der Waals surface area contributed by atoms with Crippen LogP contribution in [0.1, 0.15) is 35.3 Å². The largest absolute Gasteiger partial charge is 0.472 e. The number of rotatable bonds is 8. The van der Waals surface area contributed by atoms with Gasteiger partial charge in [0, 0.05) is 25.7 Å². The number of carbonyl (C=O) groups excluding carboxylic acids is 1. The van der Waals surface area contributed by atoms with E-state index in [1.54, 1.807) is 24.1 Å². The number of pyridine rings is 1. The van der Waals surface area contributed by atoms with E-state index in [0.717, 1.165) is 22.0 Å². The van der Waals surface area contributed by atoms with Crippen LogP contribution in [0.2, 0.25) is 0 Å². The van der Waals surface area contributed by atoms with E-state index in [1.165, 1.54) is 19.2 Å². The van der Waals surface area contributed by atoms with Gasteiger partial charge in [0.15, 0.2) is 0 Å². The fourth-order valence-corrected chi connectivity index (χ4v) is 5.51. The van der Waals surface area contributed by atoms with Crippen molar-refractivity contribution >= 4 is 28.1 Å². The molecule has 10 heteroatoms. The molecule has 3 atom stereocenters. The van der Waals surface area contributed by atoms with Crippen LogP contribution < -0.4 is 4.74 Å². The van der Waals surface area contributed by atoms with Crippen molar-refractivity contribution in [2.75, 3.05) is 26.7 Å². The molecule has 1 aliphatic heterocycles. The molecular weight excluding hydrogens is 521 g/mol. The van der Waals surface area contributed by atoms with Crippen molar-refractivity contribution in [2.24, 2.45) is 5.92 Å². The Hall–Kier alpha value is -3.60. The van der Waals surface area contributed by atoms with Gasteiger partial charge in [-0.15, -0.1) is 0 Å². The fraction of sp³-hybridized carbons (Fsp3) is 0.310. The molecule has 0 saturated carbocycles. The number of aromatic nitrogens is 1. The number of fused-ring (bicyclic) bond motifs is 1. The van der Waals surface area contributed by atoms with E-state index < -0.39 is 28.0 Å². The van der Waals surface area contributed by atoms with E-state index in [9.17, 15) is 22.7 Å². The highest BCUT2D eigenvalue weighted by molar-refractivity contribution is 7.89. The summed E-state index contributed by atoms with van der Waals surface area (Å²) < 4.78 is 47.0. The summed E-state index contributed by atoms with van der Waals surface area (Å²) >= 11 is 0. The number of aliphatic hydroxyl groups excluding tert-OH is 1. The fourth-order valence-electron chi connectivity index (χ4n) is 4.32. The van der Waals surface area contributed by atoms with Crippen molar-refractivity contribution in [2.45, 2.75) is 30.9 Å². The molecule has 0 aliphatic carbocycles. The van der Waals surface area contributed by atoms with Gasteiger partial charge < -0.3 is 14.7 Å². The minimum absolute atomic E-state index is 0.0345. The molecule has 0 saturated heterocycles. The Morgan fingerprint density at radius 2 is 1.82 bits per heavy atom. The van der Waals surface area contributed by atoms with Gasteiger partial charge in [-0.05, 0) is 48.4 Å². The summed E-state index contributed by atoms with van der Waals surface area (Å²) in [7, 11) is -2.50. The highest BCUT2D eigenvalue weighted by atomic mass is 32.2. The molecule has 3 aromatic rings. The van der Waals surface area contributed by atoms with Crippen molar-refractivity contribution in [3.8, 4) is 5.88 Å². The second-order valence-corrected chi connectivity index (χ2v) is 11.8. The number of ether oxygens (including phenoxy) is 1. The molecule has 0 bridgehead atoms. The third-order valence-electron chi connectivity index (χ3n) is 6.77. The molecule has 1 aliphatic rings. The minimum atomic E-state index is -3.93. The Bertz CT molecular complexity index is 1430. The predicted molar refractivity (Wildman–Crippen MR) is 147 cm³/mol. The van der Waals surface area contributed by atoms with Crippen molar-refractivity contribution in [1.29, 1.82) is 0 Å². The molecule has 1 N–H and O–H groups in total. The number of benzene rings is 2. The summed E-state index contributed by atoms with van der Waals surface area (Å²) in [4.78, 5) is 19.6. The number of aliphatic hydroxyl groups is 1. The van der Waals surface area contributed by atoms with E-state index in [-0.39, 0.29) is 47.9 Å². The molecule has 1 amide bonds. The summed E-state index contributed by atoms with van der Waals surface area (Å²) in [6, 6.07) is 15.5. The van der Waals surface area contributed by atoms with Gasteiger partial charge in [0.2, 0.25) is 15.9 Å². The molecule has 1 aromatic heterocycles. The third kappa shape index (κ3) is 6.52. The predicted octanol–water partition coefficient (Wildman–Crippen LogP) is 3.93. The van der Waals surface area contributed by atoms with E-state index in [4.69, 9.17) is 4.74 Å². The van der Waals surface area contributed by atoms with Crippen molar-refractivity contribution in [1.82, 2.24) is 14.2 Å². The van der Waals surface area contributed by atoms with Crippen LogP contribution in [-0.4, -0.2) is 72.5 Å². The molecule has 2 heterocycles. The zero-order valence-corrected chi connectivity index (χ0v) is 22.9. The second kappa shape index (κ2) is 12.1. The SMILES string of the molecule is C[C@@H]1CN([C@H](C)CO)C(=O)c2cc(/C=C/c3ccccc3)cnc2O[C@H]1CN(C)S(=O)(=O)c1ccc(F)cc1. The number of halogens is 1. The van der Waals surface area contributed by atoms with Crippen LogP contribution in [-0.2, 0) is 10.0 Å². The first kappa shape index (κ1) is 28.4. The normalized spacial score (nSPS) is 18.9. The second-order valence-electron chi connectivity index (χ2n) is 9.73. The first-order chi connectivity index (χ1) is 18.6. The van der Waals surface area contributed by atoms with Gasteiger partial charge in [-0.2, -0.15) is 4.31 Å². The molecule has 0 unspecified atom stereocenters. The van der Waals surface area contributed by atoms with Crippen LogP contribution in [0, 0.1) is 11.7 Å². The Balaban J connectivity index is 1.66. The lowest BCUT2D eigenvalue weighted by Crippen LogP contribution is -2.50. The number of sulfonamides is 1. The molecule has 0 radical (unpaired) electrons. The van der Waals surface area contributed by atoms with Crippen LogP contribution in [0.15, 0.2) is 71.8 Å². The third-order valence-corrected chi connectivity index (χ3v) is 8.61. The monoisotopic (exact) mass is 553 g/mol. The van der Waals surface area contributed by atoms with Gasteiger partial charge in [-0.25, -0.2) is 17.8 Å². The molecule has 2 aromatic carbocycles. The van der Waals surface area contributed by atoms with E-state index in [2.05, 4.69) is 4.98 Å². The molecule has 206 valence electrons. The molecule has 4 rings (SSSR count). The Kier molecular flexibility index (Phi) is 8.79. The lowest BCUT2D eigenvalue weighted by atomic mass is 10.00. The van der Waals surface area contributed by atoms with Crippen LogP contribution in [0.5, 0.6) is 5.88 Å². The van der Waals surface area contributed by atoms with Crippen LogP contribution in [0.4, 0.5) is 4.39 Å². The first-order valence-corrected chi connectivity index (χ1v) is 14.1. The standard InChI is InChI=1S/C29H32FN3O5S/c1-20-17-33(21(2)19-34)29(35)26-15-23(10-9-22-7-5-4-6-8-22)16-31-28(26)38-27(20)18-32(3)39(36,37)25-13-11-24(30)12-14-25/h4-16,20-21,27,34H,17-19H2,1-3H3/b10-9+/t20-,21-,27+/m1/s1. The van der Waals surface area contributed by atoms with Gasteiger partial charge in [0.25, 0.3) is 5.91 Å². The lowest BCUT2D eigenvalue weighted by molar-refractivity contribution is 0.0373. The van der Waals surface area contributed by atoms with Crippen molar-refractivity contribution in [3.63, 3.8) is 0 Å². The number of amides is 1. The van der Waals surface area contributed by atoms with Gasteiger partial charge in [0.05, 0.1) is 24.1 Å². The Labute approximate surface area is 228 Å². The zero-order valence-electron chi connectivity index (χ0n) is 22.1. The molecular formula is C29H32FN3O5S. The Morgan fingerprint density at radius 3 is 2.49 bits per heavy atom. The first-order valence-electron chi connectivity index (χ1n) is 12.6. The molecule has 0 fully saturated rings. The topological polar surface area (TPSA) is 100 Å². The summed E-state index contributed by atoms with van der Waals surface area (Å²) in [5, 5.41) is 9.86. The van der Waals surface area contributed by atoms with Crippen LogP contribution >= 0.6 is 0 Å². The minimum Gasteiger partial charge on any atom is -0.472 e. The summed E-state index contributed by atoms with van der Waals surface area (Å²) in [6.45, 7) is 3.57. The Morgan fingerprint density at radius 1 is 1.15 bits per heavy atom. The molecule has 0 spiro atoms. The van der Waals surface area contributed by atoms with Crippen LogP contribution in [0.25, 0.3) is 12.2 Å². The van der Waals surface area contributed by atoms with E-state index in [0.29, 0.717) is 5.56 Å². The van der Waals surface area contributed by atoms with E-state index in [1.807, 2.05) is 49.4 Å². The van der Waals surface area contributed by atoms with Gasteiger partial charge >= 0.3 is 0 Å². The number of carbonyl (C=O) groups is 1. The number of likely N-dealkylation sites (N-methyl/N-ethyl adjacent to an activating group) is 1. The maximum absolute atomic E-state index is 13.6. The molecule has 8 nitrogen and oxygen atoms in total. The maximum atomic E-state index is 13.6. The zero-order chi connectivity index (χ0) is 28.2. The smallest absolute Gasteiger partial charge is 0.259 e. The average Bonchev–Trinajstić information content (AvgIpc) is 2.94. The number of nitrogens with zero attached hydrogens (tertiary/aromatic N) is 3. The lowest BCUT2D eigenvalue weighted by Gasteiger charge is -2.37. The average molecular weight is 554 g/mol. The van der Waals surface area contributed by atoms with Gasteiger partial charge in [-0.1, -0.05) is 49.4 Å². The maximum Gasteiger partial charge on any atom is 0.259 e. The van der Waals surface area contributed by atoms with Gasteiger partial charge in [0.1, 0.15) is 17.5 Å². The van der Waals surface area contributed by atoms with Gasteiger partial charge in [-0.3, -0.25) is 4.79 Å².